The summed E-state index contributed by atoms with van der Waals surface area (Å²) in [7, 11) is 1.84. The smallest absolute Gasteiger partial charge is 0.234 e. The maximum Gasteiger partial charge on any atom is 0.234 e. The van der Waals surface area contributed by atoms with Crippen LogP contribution in [0.1, 0.15) is 17.1 Å². The zero-order chi connectivity index (χ0) is 14.4. The number of aromatic nitrogens is 3. The molecule has 0 unspecified atom stereocenters. The van der Waals surface area contributed by atoms with Crippen LogP contribution in [0.2, 0.25) is 0 Å². The number of aryl methyl sites for hydroxylation is 1. The van der Waals surface area contributed by atoms with E-state index in [1.807, 2.05) is 37.1 Å². The number of likely N-dealkylation sites (N-methyl/N-ethyl adjacent to an activating group) is 1. The lowest BCUT2D eigenvalue weighted by molar-refractivity contribution is -0.122. The van der Waals surface area contributed by atoms with E-state index < -0.39 is 0 Å². The molecule has 2 heterocycles. The zero-order valence-electron chi connectivity index (χ0n) is 11.5. The third-order valence-corrected chi connectivity index (χ3v) is 2.77. The van der Waals surface area contributed by atoms with Gasteiger partial charge in [0, 0.05) is 12.7 Å². The van der Waals surface area contributed by atoms with Gasteiger partial charge in [-0.05, 0) is 26.1 Å². The van der Waals surface area contributed by atoms with Crippen molar-refractivity contribution in [3.8, 4) is 0 Å². The molecule has 106 valence electrons. The SMILES string of the molecule is Cc1nonc1CN(C)CC(=O)NCc1ccccn1. The normalized spacial score (nSPS) is 10.8. The van der Waals surface area contributed by atoms with Gasteiger partial charge in [-0.3, -0.25) is 14.7 Å². The number of hydrogen-bond acceptors (Lipinski definition) is 6. The Morgan fingerprint density at radius 3 is 2.90 bits per heavy atom. The summed E-state index contributed by atoms with van der Waals surface area (Å²) in [5.74, 6) is -0.0627. The molecule has 2 rings (SSSR count). The second-order valence-corrected chi connectivity index (χ2v) is 4.57. The lowest BCUT2D eigenvalue weighted by atomic mass is 10.3. The van der Waals surface area contributed by atoms with Gasteiger partial charge in [0.1, 0.15) is 11.4 Å². The minimum Gasteiger partial charge on any atom is -0.349 e. The van der Waals surface area contributed by atoms with Crippen molar-refractivity contribution in [1.29, 1.82) is 0 Å². The first-order valence-corrected chi connectivity index (χ1v) is 6.28. The average molecular weight is 275 g/mol. The Bertz CT molecular complexity index is 555. The van der Waals surface area contributed by atoms with Gasteiger partial charge in [-0.1, -0.05) is 16.4 Å². The van der Waals surface area contributed by atoms with Gasteiger partial charge in [-0.2, -0.15) is 0 Å². The Balaban J connectivity index is 1.75. The molecule has 0 radical (unpaired) electrons. The van der Waals surface area contributed by atoms with Crippen LogP contribution in [-0.4, -0.2) is 39.7 Å². The maximum absolute atomic E-state index is 11.8. The van der Waals surface area contributed by atoms with Crippen LogP contribution in [0.15, 0.2) is 29.0 Å². The molecular formula is C13H17N5O2. The molecule has 0 spiro atoms. The Kier molecular flexibility index (Phi) is 4.78. The number of hydrogen-bond donors (Lipinski definition) is 1. The first-order valence-electron chi connectivity index (χ1n) is 6.28. The third kappa shape index (κ3) is 4.13. The van der Waals surface area contributed by atoms with E-state index in [1.165, 1.54) is 0 Å². The topological polar surface area (TPSA) is 84.2 Å². The van der Waals surface area contributed by atoms with Gasteiger partial charge in [0.25, 0.3) is 0 Å². The summed E-state index contributed by atoms with van der Waals surface area (Å²) in [6.45, 7) is 3.05. The van der Waals surface area contributed by atoms with Crippen LogP contribution >= 0.6 is 0 Å². The monoisotopic (exact) mass is 275 g/mol. The zero-order valence-corrected chi connectivity index (χ0v) is 11.5. The van der Waals surface area contributed by atoms with Gasteiger partial charge < -0.3 is 5.32 Å². The molecule has 20 heavy (non-hydrogen) atoms. The minimum absolute atomic E-state index is 0.0627. The predicted octanol–water partition coefficient (Wildman–Crippen LogP) is 0.521. The quantitative estimate of drug-likeness (QED) is 0.827. The van der Waals surface area contributed by atoms with Gasteiger partial charge in [-0.15, -0.1) is 0 Å². The number of pyridine rings is 1. The highest BCUT2D eigenvalue weighted by atomic mass is 16.6. The molecule has 0 saturated heterocycles. The summed E-state index contributed by atoms with van der Waals surface area (Å²) in [5.41, 5.74) is 2.32. The van der Waals surface area contributed by atoms with Gasteiger partial charge in [-0.25, -0.2) is 4.63 Å². The Labute approximate surface area is 117 Å². The van der Waals surface area contributed by atoms with Gasteiger partial charge in [0.2, 0.25) is 5.91 Å². The molecule has 0 bridgehead atoms. The predicted molar refractivity (Wildman–Crippen MR) is 71.5 cm³/mol. The molecule has 1 N–H and O–H groups in total. The van der Waals surface area contributed by atoms with Crippen LogP contribution < -0.4 is 5.32 Å². The van der Waals surface area contributed by atoms with Crippen molar-refractivity contribution >= 4 is 5.91 Å². The summed E-state index contributed by atoms with van der Waals surface area (Å²) in [5, 5.41) is 10.3. The van der Waals surface area contributed by atoms with Crippen molar-refractivity contribution in [2.45, 2.75) is 20.0 Å². The van der Waals surface area contributed by atoms with Crippen LogP contribution in [0.25, 0.3) is 0 Å². The standard InChI is InChI=1S/C13H17N5O2/c1-10-12(17-20-16-10)8-18(2)9-13(19)15-7-11-5-3-4-6-14-11/h3-6H,7-9H2,1-2H3,(H,15,19). The molecule has 0 aromatic carbocycles. The van der Waals surface area contributed by atoms with Crippen LogP contribution in [0.5, 0.6) is 0 Å². The number of nitrogens with one attached hydrogen (secondary N) is 1. The van der Waals surface area contributed by atoms with E-state index in [2.05, 4.69) is 25.2 Å². The molecule has 0 aliphatic rings. The largest absolute Gasteiger partial charge is 0.349 e. The molecule has 2 aromatic heterocycles. The molecule has 2 aromatic rings. The van der Waals surface area contributed by atoms with Crippen LogP contribution in [0.3, 0.4) is 0 Å². The van der Waals surface area contributed by atoms with Crippen molar-refractivity contribution < 1.29 is 9.42 Å². The van der Waals surface area contributed by atoms with Crippen molar-refractivity contribution in [2.75, 3.05) is 13.6 Å². The van der Waals surface area contributed by atoms with E-state index >= 15 is 0 Å². The highest BCUT2D eigenvalue weighted by Crippen LogP contribution is 2.03. The Hall–Kier alpha value is -2.28. The summed E-state index contributed by atoms with van der Waals surface area (Å²) < 4.78 is 4.62. The number of carbonyl (C=O) groups is 1. The third-order valence-electron chi connectivity index (χ3n) is 2.77. The highest BCUT2D eigenvalue weighted by molar-refractivity contribution is 5.77. The number of amides is 1. The van der Waals surface area contributed by atoms with Crippen molar-refractivity contribution in [1.82, 2.24) is 25.5 Å². The molecule has 0 saturated carbocycles. The van der Waals surface area contributed by atoms with Crippen LogP contribution in [-0.2, 0) is 17.9 Å². The van der Waals surface area contributed by atoms with Crippen molar-refractivity contribution in [3.63, 3.8) is 0 Å². The first kappa shape index (κ1) is 14.1. The summed E-state index contributed by atoms with van der Waals surface area (Å²) in [6, 6.07) is 5.60. The summed E-state index contributed by atoms with van der Waals surface area (Å²) in [6.07, 6.45) is 1.70. The van der Waals surface area contributed by atoms with E-state index in [-0.39, 0.29) is 12.5 Å². The second kappa shape index (κ2) is 6.76. The molecule has 7 heteroatoms. The lowest BCUT2D eigenvalue weighted by Gasteiger charge is -2.14. The van der Waals surface area contributed by atoms with Crippen molar-refractivity contribution in [2.24, 2.45) is 0 Å². The van der Waals surface area contributed by atoms with Gasteiger partial charge in [0.05, 0.1) is 18.8 Å². The molecule has 0 atom stereocenters. The maximum atomic E-state index is 11.8. The number of nitrogens with zero attached hydrogens (tertiary/aromatic N) is 4. The van der Waals surface area contributed by atoms with Gasteiger partial charge >= 0.3 is 0 Å². The van der Waals surface area contributed by atoms with Crippen LogP contribution in [0.4, 0.5) is 0 Å². The minimum atomic E-state index is -0.0627. The van der Waals surface area contributed by atoms with Crippen LogP contribution in [0, 0.1) is 6.92 Å². The molecule has 0 fully saturated rings. The van der Waals surface area contributed by atoms with Crippen molar-refractivity contribution in [3.05, 3.63) is 41.5 Å². The second-order valence-electron chi connectivity index (χ2n) is 4.57. The fourth-order valence-corrected chi connectivity index (χ4v) is 1.70. The van der Waals surface area contributed by atoms with Gasteiger partial charge in [0.15, 0.2) is 0 Å². The summed E-state index contributed by atoms with van der Waals surface area (Å²) in [4.78, 5) is 17.8. The number of carbonyl (C=O) groups excluding carboxylic acids is 1. The molecule has 0 aliphatic heterocycles. The van der Waals surface area contributed by atoms with E-state index in [1.54, 1.807) is 6.20 Å². The molecular weight excluding hydrogens is 258 g/mol. The van der Waals surface area contributed by atoms with E-state index in [9.17, 15) is 4.79 Å². The Morgan fingerprint density at radius 2 is 2.25 bits per heavy atom. The fourth-order valence-electron chi connectivity index (χ4n) is 1.70. The fraction of sp³-hybridized carbons (Fsp3) is 0.385. The lowest BCUT2D eigenvalue weighted by Crippen LogP contribution is -2.34. The van der Waals surface area contributed by atoms with E-state index in [4.69, 9.17) is 0 Å². The average Bonchev–Trinajstić information content (AvgIpc) is 2.83. The number of rotatable bonds is 6. The molecule has 7 nitrogen and oxygen atoms in total. The molecule has 0 aliphatic carbocycles. The summed E-state index contributed by atoms with van der Waals surface area (Å²) >= 11 is 0. The van der Waals surface area contributed by atoms with E-state index in [0.29, 0.717) is 13.1 Å². The van der Waals surface area contributed by atoms with E-state index in [0.717, 1.165) is 17.1 Å². The molecule has 1 amide bonds. The highest BCUT2D eigenvalue weighted by Gasteiger charge is 2.11. The Morgan fingerprint density at radius 1 is 1.40 bits per heavy atom. The first-order chi connectivity index (χ1) is 9.65.